The molecule has 2 aromatic rings. The first-order valence-corrected chi connectivity index (χ1v) is 5.55. The average molecular weight is 220 g/mol. The van der Waals surface area contributed by atoms with Crippen LogP contribution in [0.3, 0.4) is 0 Å². The molecule has 78 valence electrons. The fourth-order valence-electron chi connectivity index (χ4n) is 1.41. The highest BCUT2D eigenvalue weighted by atomic mass is 32.1. The zero-order chi connectivity index (χ0) is 10.8. The van der Waals surface area contributed by atoms with Crippen molar-refractivity contribution in [2.75, 3.05) is 0 Å². The molecule has 0 bridgehead atoms. The lowest BCUT2D eigenvalue weighted by Gasteiger charge is -1.97. The normalized spacial score (nSPS) is 10.5. The summed E-state index contributed by atoms with van der Waals surface area (Å²) in [6.45, 7) is 4.36. The molecule has 0 amide bonds. The fourth-order valence-corrected chi connectivity index (χ4v) is 2.21. The van der Waals surface area contributed by atoms with Gasteiger partial charge in [0, 0.05) is 29.0 Å². The van der Waals surface area contributed by atoms with E-state index >= 15 is 0 Å². The first kappa shape index (κ1) is 10.1. The largest absolute Gasteiger partial charge is 0.348 e. The Balaban J connectivity index is 2.14. The molecule has 0 saturated heterocycles. The van der Waals surface area contributed by atoms with Crippen molar-refractivity contribution in [3.8, 4) is 0 Å². The highest BCUT2D eigenvalue weighted by molar-refractivity contribution is 7.11. The maximum Gasteiger partial charge on any atom is 0.161 e. The van der Waals surface area contributed by atoms with Gasteiger partial charge in [0.15, 0.2) is 5.78 Å². The van der Waals surface area contributed by atoms with Crippen LogP contribution in [0.1, 0.15) is 27.2 Å². The molecule has 0 N–H and O–H groups in total. The molecule has 0 spiro atoms. The van der Waals surface area contributed by atoms with Gasteiger partial charge in [0.25, 0.3) is 0 Å². The summed E-state index contributed by atoms with van der Waals surface area (Å²) >= 11 is 1.68. The Morgan fingerprint density at radius 1 is 1.60 bits per heavy atom. The molecule has 0 radical (unpaired) electrons. The van der Waals surface area contributed by atoms with Crippen molar-refractivity contribution in [3.05, 3.63) is 40.1 Å². The summed E-state index contributed by atoms with van der Waals surface area (Å²) in [5, 5.41) is 1.07. The summed E-state index contributed by atoms with van der Waals surface area (Å²) in [6, 6.07) is 1.84. The van der Waals surface area contributed by atoms with E-state index in [1.165, 1.54) is 4.88 Å². The first-order valence-electron chi connectivity index (χ1n) is 4.73. The van der Waals surface area contributed by atoms with E-state index in [-0.39, 0.29) is 5.78 Å². The second-order valence-corrected chi connectivity index (χ2v) is 4.79. The minimum absolute atomic E-state index is 0.106. The molecular weight excluding hydrogens is 208 g/mol. The van der Waals surface area contributed by atoms with Crippen LogP contribution in [-0.4, -0.2) is 15.3 Å². The number of hydrogen-bond acceptors (Lipinski definition) is 3. The number of thiazole rings is 1. The summed E-state index contributed by atoms with van der Waals surface area (Å²) < 4.78 is 2.00. The quantitative estimate of drug-likeness (QED) is 0.745. The van der Waals surface area contributed by atoms with Crippen LogP contribution in [0.5, 0.6) is 0 Å². The highest BCUT2D eigenvalue weighted by Crippen LogP contribution is 2.14. The molecule has 0 fully saturated rings. The van der Waals surface area contributed by atoms with Crippen LogP contribution in [0.4, 0.5) is 0 Å². The van der Waals surface area contributed by atoms with E-state index in [2.05, 4.69) is 4.98 Å². The van der Waals surface area contributed by atoms with Crippen LogP contribution in [0.2, 0.25) is 0 Å². The molecule has 0 unspecified atom stereocenters. The molecule has 0 aliphatic heterocycles. The van der Waals surface area contributed by atoms with Gasteiger partial charge >= 0.3 is 0 Å². The third kappa shape index (κ3) is 2.33. The van der Waals surface area contributed by atoms with E-state index in [1.54, 1.807) is 18.3 Å². The number of aryl methyl sites for hydroxylation is 1. The van der Waals surface area contributed by atoms with E-state index in [1.807, 2.05) is 36.1 Å². The molecule has 0 atom stereocenters. The Kier molecular flexibility index (Phi) is 2.68. The number of carbonyl (C=O) groups excluding carboxylic acids is 1. The van der Waals surface area contributed by atoms with Crippen LogP contribution in [0, 0.1) is 6.92 Å². The second-order valence-electron chi connectivity index (χ2n) is 3.47. The standard InChI is InChI=1S/C11H12N2OS/c1-8(14)10-3-4-13(6-10)7-11-5-12-9(2)15-11/h3-6H,7H2,1-2H3. The van der Waals surface area contributed by atoms with Crippen molar-refractivity contribution in [3.63, 3.8) is 0 Å². The molecule has 0 aromatic carbocycles. The first-order chi connectivity index (χ1) is 7.15. The van der Waals surface area contributed by atoms with Crippen molar-refractivity contribution in [1.82, 2.24) is 9.55 Å². The third-order valence-corrected chi connectivity index (χ3v) is 3.06. The molecule has 2 heterocycles. The molecule has 0 aliphatic carbocycles. The van der Waals surface area contributed by atoms with Crippen LogP contribution in [0.25, 0.3) is 0 Å². The SMILES string of the molecule is CC(=O)c1ccn(Cc2cnc(C)s2)c1. The molecule has 4 heteroatoms. The zero-order valence-corrected chi connectivity index (χ0v) is 9.54. The number of Topliss-reactive ketones (excluding diaryl/α,β-unsaturated/α-hetero) is 1. The number of carbonyl (C=O) groups is 1. The van der Waals surface area contributed by atoms with Crippen molar-refractivity contribution in [2.45, 2.75) is 20.4 Å². The smallest absolute Gasteiger partial charge is 0.161 e. The van der Waals surface area contributed by atoms with E-state index in [9.17, 15) is 4.79 Å². The number of ketones is 1. The molecule has 3 nitrogen and oxygen atoms in total. The highest BCUT2D eigenvalue weighted by Gasteiger charge is 2.03. The maximum atomic E-state index is 11.1. The Bertz CT molecular complexity index is 484. The number of rotatable bonds is 3. The van der Waals surface area contributed by atoms with E-state index < -0.39 is 0 Å². The lowest BCUT2D eigenvalue weighted by molar-refractivity contribution is 0.101. The van der Waals surface area contributed by atoms with Crippen molar-refractivity contribution < 1.29 is 4.79 Å². The Morgan fingerprint density at radius 2 is 2.40 bits per heavy atom. The molecule has 2 rings (SSSR count). The van der Waals surface area contributed by atoms with Crippen molar-refractivity contribution in [1.29, 1.82) is 0 Å². The van der Waals surface area contributed by atoms with Gasteiger partial charge in [0.05, 0.1) is 11.6 Å². The minimum atomic E-state index is 0.106. The van der Waals surface area contributed by atoms with Gasteiger partial charge in [-0.25, -0.2) is 4.98 Å². The number of hydrogen-bond donors (Lipinski definition) is 0. The predicted molar refractivity (Wildman–Crippen MR) is 60.4 cm³/mol. The van der Waals surface area contributed by atoms with Crippen LogP contribution >= 0.6 is 11.3 Å². The Hall–Kier alpha value is -1.42. The van der Waals surface area contributed by atoms with Gasteiger partial charge in [0.1, 0.15) is 0 Å². The Morgan fingerprint density at radius 3 is 2.93 bits per heavy atom. The van der Waals surface area contributed by atoms with Gasteiger partial charge < -0.3 is 4.57 Å². The topological polar surface area (TPSA) is 34.9 Å². The van der Waals surface area contributed by atoms with Gasteiger partial charge in [-0.15, -0.1) is 11.3 Å². The van der Waals surface area contributed by atoms with Gasteiger partial charge in [-0.3, -0.25) is 4.79 Å². The summed E-state index contributed by atoms with van der Waals surface area (Å²) in [7, 11) is 0. The van der Waals surface area contributed by atoms with Gasteiger partial charge in [0.2, 0.25) is 0 Å². The molecular formula is C11H12N2OS. The number of nitrogens with zero attached hydrogens (tertiary/aromatic N) is 2. The molecule has 2 aromatic heterocycles. The van der Waals surface area contributed by atoms with E-state index in [0.29, 0.717) is 0 Å². The Labute approximate surface area is 92.4 Å². The summed E-state index contributed by atoms with van der Waals surface area (Å²) in [5.41, 5.74) is 0.760. The molecule has 0 saturated carbocycles. The monoisotopic (exact) mass is 220 g/mol. The maximum absolute atomic E-state index is 11.1. The van der Waals surface area contributed by atoms with E-state index in [0.717, 1.165) is 17.1 Å². The van der Waals surface area contributed by atoms with Crippen molar-refractivity contribution >= 4 is 17.1 Å². The zero-order valence-electron chi connectivity index (χ0n) is 8.73. The lowest BCUT2D eigenvalue weighted by atomic mass is 10.2. The molecule has 15 heavy (non-hydrogen) atoms. The van der Waals surface area contributed by atoms with Crippen LogP contribution < -0.4 is 0 Å². The summed E-state index contributed by atoms with van der Waals surface area (Å²) in [6.07, 6.45) is 5.68. The predicted octanol–water partition coefficient (Wildman–Crippen LogP) is 2.50. The lowest BCUT2D eigenvalue weighted by Crippen LogP contribution is -1.94. The minimum Gasteiger partial charge on any atom is -0.348 e. The van der Waals surface area contributed by atoms with Crippen LogP contribution in [-0.2, 0) is 6.54 Å². The molecule has 0 aliphatic rings. The third-order valence-electron chi connectivity index (χ3n) is 2.16. The second kappa shape index (κ2) is 3.98. The van der Waals surface area contributed by atoms with E-state index in [4.69, 9.17) is 0 Å². The summed E-state index contributed by atoms with van der Waals surface area (Å²) in [4.78, 5) is 16.5. The summed E-state index contributed by atoms with van der Waals surface area (Å²) in [5.74, 6) is 0.106. The van der Waals surface area contributed by atoms with Crippen LogP contribution in [0.15, 0.2) is 24.7 Å². The van der Waals surface area contributed by atoms with Crippen molar-refractivity contribution in [2.24, 2.45) is 0 Å². The number of aromatic nitrogens is 2. The fraction of sp³-hybridized carbons (Fsp3) is 0.273. The van der Waals surface area contributed by atoms with Gasteiger partial charge in [-0.05, 0) is 19.9 Å². The average Bonchev–Trinajstić information content (AvgIpc) is 2.76. The van der Waals surface area contributed by atoms with Gasteiger partial charge in [-0.2, -0.15) is 0 Å². The van der Waals surface area contributed by atoms with Gasteiger partial charge in [-0.1, -0.05) is 0 Å².